The molecule has 0 spiro atoms. The highest BCUT2D eigenvalue weighted by molar-refractivity contribution is 7.98. The van der Waals surface area contributed by atoms with Crippen molar-refractivity contribution in [3.63, 3.8) is 0 Å². The van der Waals surface area contributed by atoms with Crippen molar-refractivity contribution in [2.45, 2.75) is 68.1 Å². The Labute approximate surface area is 139 Å². The first kappa shape index (κ1) is 15.1. The second-order valence-corrected chi connectivity index (χ2v) is 7.24. The van der Waals surface area contributed by atoms with Crippen LogP contribution >= 0.6 is 11.8 Å². The van der Waals surface area contributed by atoms with Crippen LogP contribution in [0.5, 0.6) is 0 Å². The summed E-state index contributed by atoms with van der Waals surface area (Å²) in [7, 11) is 0. The standard InChI is InChI=1S/C15H22N6OS/c1-2-5-13(4-1)20-8-7-12(17-20)11-23-15-16-18-19-21(15)10-14-6-3-9-22-14/h7-8,13-14H,1-6,9-11H2. The lowest BCUT2D eigenvalue weighted by Gasteiger charge is -2.10. The number of thioether (sulfide) groups is 1. The summed E-state index contributed by atoms with van der Waals surface area (Å²) >= 11 is 1.64. The van der Waals surface area contributed by atoms with Crippen molar-refractivity contribution in [2.75, 3.05) is 6.61 Å². The van der Waals surface area contributed by atoms with Gasteiger partial charge in [-0.15, -0.1) is 5.10 Å². The van der Waals surface area contributed by atoms with E-state index in [1.807, 2.05) is 4.68 Å². The second-order valence-electron chi connectivity index (χ2n) is 6.29. The van der Waals surface area contributed by atoms with Crippen LogP contribution < -0.4 is 0 Å². The Morgan fingerprint density at radius 1 is 1.22 bits per heavy atom. The number of hydrogen-bond donors (Lipinski definition) is 0. The minimum Gasteiger partial charge on any atom is -0.376 e. The molecule has 7 nitrogen and oxygen atoms in total. The van der Waals surface area contributed by atoms with E-state index in [1.54, 1.807) is 11.8 Å². The fourth-order valence-electron chi connectivity index (χ4n) is 3.36. The van der Waals surface area contributed by atoms with Gasteiger partial charge in [0.25, 0.3) is 0 Å². The first-order valence-corrected chi connectivity index (χ1v) is 9.41. The normalized spacial score (nSPS) is 22.2. The molecule has 1 saturated heterocycles. The number of aromatic nitrogens is 6. The van der Waals surface area contributed by atoms with Gasteiger partial charge in [0.2, 0.25) is 5.16 Å². The van der Waals surface area contributed by atoms with E-state index in [0.717, 1.165) is 42.6 Å². The monoisotopic (exact) mass is 334 g/mol. The molecule has 0 bridgehead atoms. The predicted molar refractivity (Wildman–Crippen MR) is 86.1 cm³/mol. The highest BCUT2D eigenvalue weighted by Gasteiger charge is 2.20. The van der Waals surface area contributed by atoms with E-state index in [9.17, 15) is 0 Å². The van der Waals surface area contributed by atoms with E-state index in [-0.39, 0.29) is 6.10 Å². The van der Waals surface area contributed by atoms with E-state index >= 15 is 0 Å². The van der Waals surface area contributed by atoms with Crippen molar-refractivity contribution >= 4 is 11.8 Å². The third-order valence-corrected chi connectivity index (χ3v) is 5.60. The Bertz CT molecular complexity index is 629. The topological polar surface area (TPSA) is 70.7 Å². The van der Waals surface area contributed by atoms with Gasteiger partial charge in [-0.25, -0.2) is 4.68 Å². The summed E-state index contributed by atoms with van der Waals surface area (Å²) in [5, 5.41) is 17.6. The Morgan fingerprint density at radius 3 is 2.96 bits per heavy atom. The number of ether oxygens (including phenoxy) is 1. The van der Waals surface area contributed by atoms with Gasteiger partial charge < -0.3 is 4.74 Å². The summed E-state index contributed by atoms with van der Waals surface area (Å²) in [6.07, 6.45) is 9.76. The molecular weight excluding hydrogens is 312 g/mol. The van der Waals surface area contributed by atoms with Gasteiger partial charge in [-0.05, 0) is 42.2 Å². The summed E-state index contributed by atoms with van der Waals surface area (Å²) in [6, 6.07) is 2.71. The highest BCUT2D eigenvalue weighted by Crippen LogP contribution is 2.29. The van der Waals surface area contributed by atoms with Crippen LogP contribution in [-0.4, -0.2) is 42.7 Å². The Morgan fingerprint density at radius 2 is 2.13 bits per heavy atom. The summed E-state index contributed by atoms with van der Waals surface area (Å²) < 4.78 is 9.66. The average molecular weight is 334 g/mol. The second kappa shape index (κ2) is 7.00. The van der Waals surface area contributed by atoms with E-state index in [0.29, 0.717) is 6.04 Å². The first-order valence-electron chi connectivity index (χ1n) is 8.43. The molecule has 8 heteroatoms. The lowest BCUT2D eigenvalue weighted by molar-refractivity contribution is 0.0912. The fourth-order valence-corrected chi connectivity index (χ4v) is 4.15. The van der Waals surface area contributed by atoms with Crippen LogP contribution in [0.1, 0.15) is 50.3 Å². The first-order chi connectivity index (χ1) is 11.4. The molecule has 2 fully saturated rings. The molecule has 0 radical (unpaired) electrons. The zero-order valence-corrected chi connectivity index (χ0v) is 14.0. The van der Waals surface area contributed by atoms with E-state index < -0.39 is 0 Å². The van der Waals surface area contributed by atoms with Crippen LogP contribution in [0.25, 0.3) is 0 Å². The van der Waals surface area contributed by atoms with Crippen molar-refractivity contribution in [3.05, 3.63) is 18.0 Å². The Hall–Kier alpha value is -1.41. The zero-order valence-electron chi connectivity index (χ0n) is 13.2. The number of hydrogen-bond acceptors (Lipinski definition) is 6. The van der Waals surface area contributed by atoms with Gasteiger partial charge in [-0.1, -0.05) is 24.6 Å². The number of nitrogens with zero attached hydrogens (tertiary/aromatic N) is 6. The van der Waals surface area contributed by atoms with Crippen LogP contribution in [0.15, 0.2) is 17.4 Å². The summed E-state index contributed by atoms with van der Waals surface area (Å²) in [4.78, 5) is 0. The fraction of sp³-hybridized carbons (Fsp3) is 0.733. The molecule has 4 rings (SSSR count). The quantitative estimate of drug-likeness (QED) is 0.756. The minimum atomic E-state index is 0.249. The van der Waals surface area contributed by atoms with Crippen LogP contribution in [0, 0.1) is 0 Å². The van der Waals surface area contributed by atoms with Crippen LogP contribution in [0.2, 0.25) is 0 Å². The van der Waals surface area contributed by atoms with Gasteiger partial charge in [0.15, 0.2) is 0 Å². The Kier molecular flexibility index (Phi) is 4.61. The molecule has 23 heavy (non-hydrogen) atoms. The summed E-state index contributed by atoms with van der Waals surface area (Å²) in [6.45, 7) is 1.60. The van der Waals surface area contributed by atoms with Crippen molar-refractivity contribution in [1.29, 1.82) is 0 Å². The van der Waals surface area contributed by atoms with E-state index in [1.165, 1.54) is 25.7 Å². The van der Waals surface area contributed by atoms with Crippen LogP contribution in [0.4, 0.5) is 0 Å². The molecule has 1 aliphatic carbocycles. The zero-order chi connectivity index (χ0) is 15.5. The lowest BCUT2D eigenvalue weighted by atomic mass is 10.2. The average Bonchev–Trinajstić information content (AvgIpc) is 3.34. The van der Waals surface area contributed by atoms with Crippen molar-refractivity contribution < 1.29 is 4.74 Å². The Balaban J connectivity index is 1.34. The molecule has 0 aromatic carbocycles. The molecule has 2 aliphatic rings. The van der Waals surface area contributed by atoms with Gasteiger partial charge in [-0.3, -0.25) is 4.68 Å². The van der Waals surface area contributed by atoms with E-state index in [2.05, 4.69) is 32.5 Å². The van der Waals surface area contributed by atoms with Gasteiger partial charge in [0, 0.05) is 18.6 Å². The molecule has 1 saturated carbocycles. The maximum Gasteiger partial charge on any atom is 0.209 e. The van der Waals surface area contributed by atoms with Crippen LogP contribution in [-0.2, 0) is 17.0 Å². The largest absolute Gasteiger partial charge is 0.376 e. The smallest absolute Gasteiger partial charge is 0.209 e. The van der Waals surface area contributed by atoms with Gasteiger partial charge in [0.05, 0.1) is 24.4 Å². The van der Waals surface area contributed by atoms with Gasteiger partial charge >= 0.3 is 0 Å². The molecule has 2 aromatic rings. The van der Waals surface area contributed by atoms with Gasteiger partial charge in [0.1, 0.15) is 0 Å². The number of tetrazole rings is 1. The molecule has 1 atom stereocenters. The molecule has 1 unspecified atom stereocenters. The van der Waals surface area contributed by atoms with E-state index in [4.69, 9.17) is 9.84 Å². The molecule has 124 valence electrons. The highest BCUT2D eigenvalue weighted by atomic mass is 32.2. The number of rotatable bonds is 6. The predicted octanol–water partition coefficient (Wildman–Crippen LogP) is 2.46. The third kappa shape index (κ3) is 3.58. The minimum absolute atomic E-state index is 0.249. The third-order valence-electron chi connectivity index (χ3n) is 4.61. The maximum atomic E-state index is 5.66. The summed E-state index contributed by atoms with van der Waals surface area (Å²) in [5.74, 6) is 0.797. The molecule has 0 amide bonds. The lowest BCUT2D eigenvalue weighted by Crippen LogP contribution is -2.16. The van der Waals surface area contributed by atoms with Gasteiger partial charge in [-0.2, -0.15) is 5.10 Å². The molecule has 3 heterocycles. The summed E-state index contributed by atoms with van der Waals surface area (Å²) in [5.41, 5.74) is 1.09. The SMILES string of the molecule is c1cn(C2CCCC2)nc1CSc1nnnn1CC1CCCO1. The van der Waals surface area contributed by atoms with Crippen LogP contribution in [0.3, 0.4) is 0 Å². The maximum absolute atomic E-state index is 5.66. The van der Waals surface area contributed by atoms with Crippen molar-refractivity contribution in [3.8, 4) is 0 Å². The molecule has 2 aromatic heterocycles. The van der Waals surface area contributed by atoms with Crippen molar-refractivity contribution in [2.24, 2.45) is 0 Å². The van der Waals surface area contributed by atoms with Crippen molar-refractivity contribution in [1.82, 2.24) is 30.0 Å². The molecule has 1 aliphatic heterocycles. The molecule has 0 N–H and O–H groups in total. The molecular formula is C15H22N6OS.